The van der Waals surface area contributed by atoms with Crippen molar-refractivity contribution in [3.05, 3.63) is 12.2 Å². The maximum Gasteiger partial charge on any atom is 0.00612 e. The van der Waals surface area contributed by atoms with Gasteiger partial charge in [0.15, 0.2) is 0 Å². The Labute approximate surface area is 71.1 Å². The summed E-state index contributed by atoms with van der Waals surface area (Å²) in [6, 6.07) is 0. The summed E-state index contributed by atoms with van der Waals surface area (Å²) in [6.45, 7) is 7.81. The molecule has 0 saturated heterocycles. The van der Waals surface area contributed by atoms with E-state index in [1.807, 2.05) is 0 Å². The Morgan fingerprint density at radius 1 is 1.27 bits per heavy atom. The van der Waals surface area contributed by atoms with Crippen LogP contribution >= 0.6 is 0 Å². The van der Waals surface area contributed by atoms with E-state index < -0.39 is 0 Å². The molecular weight excluding hydrogens is 134 g/mol. The smallest absolute Gasteiger partial charge is 0.00612 e. The van der Waals surface area contributed by atoms with Gasteiger partial charge in [0, 0.05) is 6.54 Å². The third kappa shape index (κ3) is 6.11. The zero-order valence-electron chi connectivity index (χ0n) is 8.52. The Balaban J connectivity index is 3.89. The molecule has 0 spiro atoms. The van der Waals surface area contributed by atoms with Gasteiger partial charge >= 0.3 is 0 Å². The van der Waals surface area contributed by atoms with E-state index in [0.717, 1.165) is 13.0 Å². The first-order chi connectivity index (χ1) is 4.98. The maximum absolute atomic E-state index is 2.30. The molecule has 66 valence electrons. The van der Waals surface area contributed by atoms with Crippen LogP contribution < -0.4 is 0 Å². The van der Waals surface area contributed by atoms with Crippen LogP contribution in [0.25, 0.3) is 0 Å². The predicted molar refractivity (Wildman–Crippen MR) is 51.8 cm³/mol. The lowest BCUT2D eigenvalue weighted by atomic mass is 9.92. The highest BCUT2D eigenvalue weighted by Crippen LogP contribution is 2.17. The molecule has 0 aliphatic rings. The minimum atomic E-state index is 0.319. The molecule has 0 aromatic carbocycles. The van der Waals surface area contributed by atoms with Crippen LogP contribution in [-0.4, -0.2) is 25.5 Å². The lowest BCUT2D eigenvalue weighted by Crippen LogP contribution is -2.26. The number of nitrogens with zero attached hydrogens (tertiary/aromatic N) is 1. The van der Waals surface area contributed by atoms with E-state index in [2.05, 4.69) is 51.9 Å². The summed E-state index contributed by atoms with van der Waals surface area (Å²) in [5.41, 5.74) is 0.319. The SMILES string of the molecule is CCC=CC(C)(C)CN(C)C. The van der Waals surface area contributed by atoms with Crippen molar-refractivity contribution in [3.63, 3.8) is 0 Å². The van der Waals surface area contributed by atoms with E-state index in [1.165, 1.54) is 0 Å². The molecule has 0 radical (unpaired) electrons. The molecule has 0 aliphatic heterocycles. The Morgan fingerprint density at radius 2 is 1.82 bits per heavy atom. The molecule has 0 aromatic rings. The zero-order chi connectivity index (χ0) is 8.91. The molecule has 0 aliphatic carbocycles. The molecule has 1 heteroatoms. The molecule has 0 N–H and O–H groups in total. The molecule has 0 amide bonds. The molecule has 0 aromatic heterocycles. The highest BCUT2D eigenvalue weighted by molar-refractivity contribution is 4.95. The van der Waals surface area contributed by atoms with Crippen molar-refractivity contribution in [2.75, 3.05) is 20.6 Å². The highest BCUT2D eigenvalue weighted by atomic mass is 15.1. The summed E-state index contributed by atoms with van der Waals surface area (Å²) in [4.78, 5) is 2.22. The monoisotopic (exact) mass is 155 g/mol. The highest BCUT2D eigenvalue weighted by Gasteiger charge is 2.13. The summed E-state index contributed by atoms with van der Waals surface area (Å²) in [7, 11) is 4.23. The van der Waals surface area contributed by atoms with Crippen LogP contribution in [0, 0.1) is 5.41 Å². The van der Waals surface area contributed by atoms with Gasteiger partial charge in [-0.2, -0.15) is 0 Å². The van der Waals surface area contributed by atoms with Gasteiger partial charge in [-0.15, -0.1) is 0 Å². The van der Waals surface area contributed by atoms with E-state index >= 15 is 0 Å². The van der Waals surface area contributed by atoms with Gasteiger partial charge in [-0.3, -0.25) is 0 Å². The third-order valence-electron chi connectivity index (χ3n) is 1.53. The molecule has 0 atom stereocenters. The third-order valence-corrected chi connectivity index (χ3v) is 1.53. The first-order valence-electron chi connectivity index (χ1n) is 4.30. The van der Waals surface area contributed by atoms with Crippen molar-refractivity contribution < 1.29 is 0 Å². The van der Waals surface area contributed by atoms with Gasteiger partial charge in [-0.05, 0) is 25.9 Å². The average Bonchev–Trinajstić information content (AvgIpc) is 1.81. The van der Waals surface area contributed by atoms with E-state index in [9.17, 15) is 0 Å². The molecule has 0 fully saturated rings. The summed E-state index contributed by atoms with van der Waals surface area (Å²) >= 11 is 0. The van der Waals surface area contributed by atoms with E-state index in [4.69, 9.17) is 0 Å². The van der Waals surface area contributed by atoms with Crippen molar-refractivity contribution in [2.24, 2.45) is 5.41 Å². The van der Waals surface area contributed by atoms with Crippen LogP contribution in [0.5, 0.6) is 0 Å². The molecule has 1 nitrogen and oxygen atoms in total. The van der Waals surface area contributed by atoms with Crippen molar-refractivity contribution in [1.29, 1.82) is 0 Å². The van der Waals surface area contributed by atoms with Gasteiger partial charge in [-0.1, -0.05) is 32.9 Å². The molecule has 0 bridgehead atoms. The van der Waals surface area contributed by atoms with Gasteiger partial charge in [0.1, 0.15) is 0 Å². The van der Waals surface area contributed by atoms with Crippen LogP contribution in [-0.2, 0) is 0 Å². The summed E-state index contributed by atoms with van der Waals surface area (Å²) in [6.07, 6.45) is 5.67. The number of allylic oxidation sites excluding steroid dienone is 1. The Hall–Kier alpha value is -0.300. The average molecular weight is 155 g/mol. The first-order valence-corrected chi connectivity index (χ1v) is 4.30. The van der Waals surface area contributed by atoms with Crippen LogP contribution in [0.4, 0.5) is 0 Å². The van der Waals surface area contributed by atoms with E-state index in [-0.39, 0.29) is 0 Å². The Morgan fingerprint density at radius 3 is 2.18 bits per heavy atom. The fraction of sp³-hybridized carbons (Fsp3) is 0.800. The van der Waals surface area contributed by atoms with Gasteiger partial charge in [-0.25, -0.2) is 0 Å². The van der Waals surface area contributed by atoms with Crippen LogP contribution in [0.3, 0.4) is 0 Å². The van der Waals surface area contributed by atoms with Crippen LogP contribution in [0.15, 0.2) is 12.2 Å². The van der Waals surface area contributed by atoms with Gasteiger partial charge in [0.2, 0.25) is 0 Å². The number of hydrogen-bond acceptors (Lipinski definition) is 1. The van der Waals surface area contributed by atoms with Crippen molar-refractivity contribution >= 4 is 0 Å². The van der Waals surface area contributed by atoms with E-state index in [0.29, 0.717) is 5.41 Å². The topological polar surface area (TPSA) is 3.24 Å². The lowest BCUT2D eigenvalue weighted by molar-refractivity contribution is 0.293. The van der Waals surface area contributed by atoms with E-state index in [1.54, 1.807) is 0 Å². The summed E-state index contributed by atoms with van der Waals surface area (Å²) < 4.78 is 0. The van der Waals surface area contributed by atoms with Gasteiger partial charge in [0.05, 0.1) is 0 Å². The van der Waals surface area contributed by atoms with Gasteiger partial charge in [0.25, 0.3) is 0 Å². The second-order valence-electron chi connectivity index (χ2n) is 4.04. The summed E-state index contributed by atoms with van der Waals surface area (Å²) in [5.74, 6) is 0. The second-order valence-corrected chi connectivity index (χ2v) is 4.04. The minimum Gasteiger partial charge on any atom is -0.309 e. The van der Waals surface area contributed by atoms with Crippen molar-refractivity contribution in [3.8, 4) is 0 Å². The zero-order valence-corrected chi connectivity index (χ0v) is 8.52. The quantitative estimate of drug-likeness (QED) is 0.564. The molecule has 0 unspecified atom stereocenters. The summed E-state index contributed by atoms with van der Waals surface area (Å²) in [5, 5.41) is 0. The largest absolute Gasteiger partial charge is 0.309 e. The molecule has 11 heavy (non-hydrogen) atoms. The van der Waals surface area contributed by atoms with Gasteiger partial charge < -0.3 is 4.90 Å². The van der Waals surface area contributed by atoms with Crippen molar-refractivity contribution in [2.45, 2.75) is 27.2 Å². The molecular formula is C10H21N. The molecule has 0 heterocycles. The maximum atomic E-state index is 2.30. The Bertz CT molecular complexity index is 123. The fourth-order valence-electron chi connectivity index (χ4n) is 1.30. The standard InChI is InChI=1S/C10H21N/c1-6-7-8-10(2,3)9-11(4)5/h7-8H,6,9H2,1-5H3. The van der Waals surface area contributed by atoms with Crippen molar-refractivity contribution in [1.82, 2.24) is 4.90 Å². The van der Waals surface area contributed by atoms with Crippen LogP contribution in [0.2, 0.25) is 0 Å². The predicted octanol–water partition coefficient (Wildman–Crippen LogP) is 2.54. The second kappa shape index (κ2) is 4.55. The lowest BCUT2D eigenvalue weighted by Gasteiger charge is -2.24. The molecule has 0 saturated carbocycles. The first kappa shape index (κ1) is 10.7. The minimum absolute atomic E-state index is 0.319. The fourth-order valence-corrected chi connectivity index (χ4v) is 1.30. The van der Waals surface area contributed by atoms with Crippen LogP contribution in [0.1, 0.15) is 27.2 Å². The number of hydrogen-bond donors (Lipinski definition) is 0. The Kier molecular flexibility index (Phi) is 4.43. The number of rotatable bonds is 4. The molecule has 0 rings (SSSR count). The normalized spacial score (nSPS) is 13.3.